The maximum absolute atomic E-state index is 5.79. The van der Waals surface area contributed by atoms with E-state index in [1.807, 2.05) is 0 Å². The second-order valence-corrected chi connectivity index (χ2v) is 3.21. The van der Waals surface area contributed by atoms with Crippen LogP contribution in [0.4, 0.5) is 0 Å². The van der Waals surface area contributed by atoms with Crippen LogP contribution in [0.1, 0.15) is 0 Å². The molecule has 0 spiro atoms. The molecule has 0 aliphatic heterocycles. The summed E-state index contributed by atoms with van der Waals surface area (Å²) in [6.07, 6.45) is 3.02. The minimum absolute atomic E-state index is 0.238. The van der Waals surface area contributed by atoms with E-state index in [1.165, 1.54) is 10.6 Å². The van der Waals surface area contributed by atoms with Crippen LogP contribution in [0.25, 0.3) is 5.52 Å². The largest absolute Gasteiger partial charge is 0.269 e. The van der Waals surface area contributed by atoms with E-state index in [9.17, 15) is 0 Å². The molecule has 2 rings (SSSR count). The molecule has 0 aromatic carbocycles. The van der Waals surface area contributed by atoms with Gasteiger partial charge in [0.2, 0.25) is 5.28 Å². The van der Waals surface area contributed by atoms with Gasteiger partial charge < -0.3 is 0 Å². The van der Waals surface area contributed by atoms with Crippen LogP contribution >= 0.6 is 34.8 Å². The average Bonchev–Trinajstić information content (AvgIpc) is 2.29. The lowest BCUT2D eigenvalue weighted by molar-refractivity contribution is 1.12. The lowest BCUT2D eigenvalue weighted by Gasteiger charge is -1.95. The number of hydrogen-bond acceptors (Lipinski definition) is 2. The van der Waals surface area contributed by atoms with Crippen LogP contribution in [-0.4, -0.2) is 14.4 Å². The predicted molar refractivity (Wildman–Crippen MR) is 48.0 cm³/mol. The third-order valence-electron chi connectivity index (χ3n) is 1.42. The molecule has 0 unspecified atom stereocenters. The first kappa shape index (κ1) is 8.10. The van der Waals surface area contributed by atoms with Crippen molar-refractivity contribution in [1.82, 2.24) is 14.4 Å². The molecule has 0 N–H and O–H groups in total. The topological polar surface area (TPSA) is 30.2 Å². The van der Waals surface area contributed by atoms with Crippen molar-refractivity contribution < 1.29 is 0 Å². The monoisotopic (exact) mass is 221 g/mol. The van der Waals surface area contributed by atoms with Crippen molar-refractivity contribution in [3.8, 4) is 0 Å². The van der Waals surface area contributed by atoms with Gasteiger partial charge in [0.05, 0.1) is 12.4 Å². The highest BCUT2D eigenvalue weighted by Gasteiger charge is 2.09. The molecule has 62 valence electrons. The highest BCUT2D eigenvalue weighted by molar-refractivity contribution is 6.36. The molecular formula is C6H2Cl3N3. The normalized spacial score (nSPS) is 10.9. The molecule has 2 aromatic rings. The Morgan fingerprint density at radius 1 is 1.17 bits per heavy atom. The summed E-state index contributed by atoms with van der Waals surface area (Å²) in [5.74, 6) is 0. The van der Waals surface area contributed by atoms with Crippen molar-refractivity contribution >= 4 is 40.3 Å². The van der Waals surface area contributed by atoms with Crippen LogP contribution in [-0.2, 0) is 0 Å². The molecule has 0 atom stereocenters. The van der Waals surface area contributed by atoms with Crippen molar-refractivity contribution in [3.05, 3.63) is 28.0 Å². The zero-order chi connectivity index (χ0) is 8.72. The zero-order valence-electron chi connectivity index (χ0n) is 5.63. The summed E-state index contributed by atoms with van der Waals surface area (Å²) in [5, 5.41) is 0.925. The number of hydrogen-bond donors (Lipinski definition) is 0. The Morgan fingerprint density at radius 2 is 1.92 bits per heavy atom. The van der Waals surface area contributed by atoms with E-state index in [2.05, 4.69) is 9.97 Å². The molecule has 0 bridgehead atoms. The van der Waals surface area contributed by atoms with Crippen molar-refractivity contribution in [2.75, 3.05) is 0 Å². The standard InChI is InChI=1S/C6H2Cl3N3/c7-4-2-10-1-3-5(8)11-6(9)12(3)4/h1-2H. The minimum Gasteiger partial charge on any atom is -0.269 e. The van der Waals surface area contributed by atoms with Gasteiger partial charge in [-0.25, -0.2) is 4.98 Å². The van der Waals surface area contributed by atoms with E-state index in [0.717, 1.165) is 0 Å². The van der Waals surface area contributed by atoms with Crippen LogP contribution in [0.2, 0.25) is 15.6 Å². The van der Waals surface area contributed by atoms with Crippen molar-refractivity contribution in [3.63, 3.8) is 0 Å². The second kappa shape index (κ2) is 2.76. The molecule has 3 nitrogen and oxygen atoms in total. The summed E-state index contributed by atoms with van der Waals surface area (Å²) in [5.41, 5.74) is 0.606. The Labute approximate surface area is 82.9 Å². The summed E-state index contributed by atoms with van der Waals surface area (Å²) >= 11 is 17.3. The Balaban J connectivity index is 2.99. The maximum Gasteiger partial charge on any atom is 0.210 e. The van der Waals surface area contributed by atoms with E-state index in [1.54, 1.807) is 6.20 Å². The third kappa shape index (κ3) is 1.05. The fourth-order valence-corrected chi connectivity index (χ4v) is 1.72. The van der Waals surface area contributed by atoms with Gasteiger partial charge in [-0.2, -0.15) is 0 Å². The molecule has 2 heterocycles. The number of rotatable bonds is 0. The number of aromatic nitrogens is 3. The van der Waals surface area contributed by atoms with Gasteiger partial charge in [0.1, 0.15) is 10.7 Å². The van der Waals surface area contributed by atoms with E-state index < -0.39 is 0 Å². The second-order valence-electron chi connectivity index (χ2n) is 2.12. The summed E-state index contributed by atoms with van der Waals surface area (Å²) in [6, 6.07) is 0. The van der Waals surface area contributed by atoms with Gasteiger partial charge in [-0.05, 0) is 11.6 Å². The van der Waals surface area contributed by atoms with Gasteiger partial charge in [-0.15, -0.1) is 0 Å². The predicted octanol–water partition coefficient (Wildman–Crippen LogP) is 2.69. The lowest BCUT2D eigenvalue weighted by atomic mass is 10.6. The Bertz CT molecular complexity index is 437. The van der Waals surface area contributed by atoms with Crippen LogP contribution in [0.15, 0.2) is 12.4 Å². The van der Waals surface area contributed by atoms with Gasteiger partial charge in [0.15, 0.2) is 5.15 Å². The fraction of sp³-hybridized carbons (Fsp3) is 0. The smallest absolute Gasteiger partial charge is 0.210 e. The molecular weight excluding hydrogens is 220 g/mol. The lowest BCUT2D eigenvalue weighted by Crippen LogP contribution is -1.87. The number of imidazole rings is 1. The van der Waals surface area contributed by atoms with E-state index >= 15 is 0 Å². The summed E-state index contributed by atoms with van der Waals surface area (Å²) in [6.45, 7) is 0. The third-order valence-corrected chi connectivity index (χ3v) is 2.22. The van der Waals surface area contributed by atoms with Gasteiger partial charge in [0.25, 0.3) is 0 Å². The summed E-state index contributed by atoms with van der Waals surface area (Å²) in [7, 11) is 0. The fourth-order valence-electron chi connectivity index (χ4n) is 0.921. The molecule has 0 amide bonds. The maximum atomic E-state index is 5.79. The van der Waals surface area contributed by atoms with Gasteiger partial charge >= 0.3 is 0 Å². The van der Waals surface area contributed by atoms with Crippen molar-refractivity contribution in [1.29, 1.82) is 0 Å². The molecule has 0 aliphatic carbocycles. The zero-order valence-corrected chi connectivity index (χ0v) is 7.90. The van der Waals surface area contributed by atoms with E-state index in [4.69, 9.17) is 34.8 Å². The molecule has 0 saturated carbocycles. The van der Waals surface area contributed by atoms with E-state index in [0.29, 0.717) is 15.8 Å². The molecule has 0 aliphatic rings. The van der Waals surface area contributed by atoms with Crippen LogP contribution in [0.3, 0.4) is 0 Å². The summed E-state index contributed by atoms with van der Waals surface area (Å²) < 4.78 is 1.51. The Kier molecular flexibility index (Phi) is 1.87. The van der Waals surface area contributed by atoms with Gasteiger partial charge in [-0.3, -0.25) is 9.38 Å². The molecule has 0 radical (unpaired) electrons. The first-order valence-corrected chi connectivity index (χ1v) is 4.16. The molecule has 0 saturated heterocycles. The number of halogens is 3. The molecule has 12 heavy (non-hydrogen) atoms. The Hall–Kier alpha value is -0.510. The molecule has 0 fully saturated rings. The highest BCUT2D eigenvalue weighted by atomic mass is 35.5. The van der Waals surface area contributed by atoms with Crippen molar-refractivity contribution in [2.24, 2.45) is 0 Å². The first-order valence-electron chi connectivity index (χ1n) is 3.03. The SMILES string of the molecule is Clc1nc(Cl)n2c(Cl)cncc12. The molecule has 2 aromatic heterocycles. The van der Waals surface area contributed by atoms with Gasteiger partial charge in [0, 0.05) is 0 Å². The van der Waals surface area contributed by atoms with Gasteiger partial charge in [-0.1, -0.05) is 23.2 Å². The highest BCUT2D eigenvalue weighted by Crippen LogP contribution is 2.23. The minimum atomic E-state index is 0.238. The first-order chi connectivity index (χ1) is 5.70. The van der Waals surface area contributed by atoms with Crippen LogP contribution < -0.4 is 0 Å². The quantitative estimate of drug-likeness (QED) is 0.686. The van der Waals surface area contributed by atoms with E-state index in [-0.39, 0.29) is 5.28 Å². The van der Waals surface area contributed by atoms with Crippen LogP contribution in [0.5, 0.6) is 0 Å². The number of nitrogens with zero attached hydrogens (tertiary/aromatic N) is 3. The average molecular weight is 222 g/mol. The number of fused-ring (bicyclic) bond motifs is 1. The Morgan fingerprint density at radius 3 is 2.58 bits per heavy atom. The van der Waals surface area contributed by atoms with Crippen LogP contribution in [0, 0.1) is 0 Å². The molecule has 6 heteroatoms. The summed E-state index contributed by atoms with van der Waals surface area (Å²) in [4.78, 5) is 7.67. The van der Waals surface area contributed by atoms with Crippen molar-refractivity contribution in [2.45, 2.75) is 0 Å².